The third-order valence-electron chi connectivity index (χ3n) is 4.15. The minimum atomic E-state index is 0.697. The average molecular weight is 378 g/mol. The van der Waals surface area contributed by atoms with E-state index in [0.717, 1.165) is 47.7 Å². The highest BCUT2D eigenvalue weighted by Gasteiger charge is 2.18. The molecule has 0 saturated carbocycles. The third kappa shape index (κ3) is 4.59. The second-order valence-corrected chi connectivity index (χ2v) is 7.41. The van der Waals surface area contributed by atoms with Crippen LogP contribution in [-0.2, 0) is 6.67 Å². The van der Waals surface area contributed by atoms with E-state index >= 15 is 0 Å². The Morgan fingerprint density at radius 1 is 1.28 bits per heavy atom. The zero-order valence-corrected chi connectivity index (χ0v) is 16.0. The van der Waals surface area contributed by atoms with E-state index in [1.165, 1.54) is 17.0 Å². The van der Waals surface area contributed by atoms with Gasteiger partial charge in [-0.2, -0.15) is 0 Å². The highest BCUT2D eigenvalue weighted by molar-refractivity contribution is 7.73. The predicted molar refractivity (Wildman–Crippen MR) is 106 cm³/mol. The number of nitrogens with one attached hydrogen (secondary N) is 1. The van der Waals surface area contributed by atoms with E-state index in [0.29, 0.717) is 6.54 Å². The molecule has 0 radical (unpaired) electrons. The Kier molecular flexibility index (Phi) is 6.06. The smallest absolute Gasteiger partial charge is 0.204 e. The van der Waals surface area contributed by atoms with Crippen LogP contribution in [0.25, 0.3) is 0 Å². The second kappa shape index (κ2) is 8.46. The highest BCUT2D eigenvalue weighted by Crippen LogP contribution is 2.21. The van der Waals surface area contributed by atoms with Crippen LogP contribution in [0.1, 0.15) is 0 Å². The Balaban J connectivity index is 1.54. The van der Waals surface area contributed by atoms with E-state index in [-0.39, 0.29) is 0 Å². The standard InChI is InChI=1S/C17H23N5OS2/c1-3-8-18-16-19-22(17(24)25-16)13-20-9-11-21(12-10-20)14-4-6-15(23-2)7-5-14/h3-7H,1,8-13H2,2H3,(H,18,19). The molecule has 0 amide bonds. The second-order valence-electron chi connectivity index (χ2n) is 5.79. The lowest BCUT2D eigenvalue weighted by atomic mass is 10.2. The maximum atomic E-state index is 5.42. The van der Waals surface area contributed by atoms with Gasteiger partial charge in [0.25, 0.3) is 0 Å². The molecule has 1 aromatic carbocycles. The van der Waals surface area contributed by atoms with Crippen LogP contribution in [0.4, 0.5) is 10.8 Å². The van der Waals surface area contributed by atoms with Crippen molar-refractivity contribution in [1.29, 1.82) is 0 Å². The van der Waals surface area contributed by atoms with Gasteiger partial charge < -0.3 is 15.0 Å². The van der Waals surface area contributed by atoms with Crippen LogP contribution >= 0.6 is 23.6 Å². The van der Waals surface area contributed by atoms with Gasteiger partial charge in [-0.3, -0.25) is 4.90 Å². The number of piperazine rings is 1. The van der Waals surface area contributed by atoms with Crippen LogP contribution < -0.4 is 15.0 Å². The molecule has 0 unspecified atom stereocenters. The lowest BCUT2D eigenvalue weighted by Crippen LogP contribution is -2.46. The summed E-state index contributed by atoms with van der Waals surface area (Å²) in [6.07, 6.45) is 1.81. The molecule has 1 N–H and O–H groups in total. The van der Waals surface area contributed by atoms with E-state index in [2.05, 4.69) is 38.9 Å². The average Bonchev–Trinajstić information content (AvgIpc) is 3.00. The monoisotopic (exact) mass is 377 g/mol. The highest BCUT2D eigenvalue weighted by atomic mass is 32.1. The van der Waals surface area contributed by atoms with E-state index in [1.807, 2.05) is 22.9 Å². The number of rotatable bonds is 7. The summed E-state index contributed by atoms with van der Waals surface area (Å²) in [5.41, 5.74) is 1.24. The number of benzene rings is 1. The van der Waals surface area contributed by atoms with Gasteiger partial charge in [0.2, 0.25) is 5.13 Å². The maximum absolute atomic E-state index is 5.42. The van der Waals surface area contributed by atoms with Crippen LogP contribution in [0.15, 0.2) is 36.9 Å². The topological polar surface area (TPSA) is 45.6 Å². The molecule has 6 nitrogen and oxygen atoms in total. The molecule has 1 aliphatic heterocycles. The molecule has 0 spiro atoms. The molecule has 1 aromatic heterocycles. The Morgan fingerprint density at radius 3 is 2.64 bits per heavy atom. The number of nitrogens with zero attached hydrogens (tertiary/aromatic N) is 4. The molecule has 2 aromatic rings. The summed E-state index contributed by atoms with van der Waals surface area (Å²) in [5, 5.41) is 8.59. The van der Waals surface area contributed by atoms with Crippen molar-refractivity contribution in [1.82, 2.24) is 14.7 Å². The summed E-state index contributed by atoms with van der Waals surface area (Å²) >= 11 is 6.92. The summed E-state index contributed by atoms with van der Waals surface area (Å²) in [6, 6.07) is 8.24. The molecule has 1 saturated heterocycles. The van der Waals surface area contributed by atoms with Crippen LogP contribution in [0.5, 0.6) is 5.75 Å². The Morgan fingerprint density at radius 2 is 2.00 bits per heavy atom. The Bertz CT molecular complexity index is 747. The molecule has 0 aliphatic carbocycles. The predicted octanol–water partition coefficient (Wildman–Crippen LogP) is 3.06. The largest absolute Gasteiger partial charge is 0.497 e. The van der Waals surface area contributed by atoms with Crippen molar-refractivity contribution in [2.24, 2.45) is 0 Å². The van der Waals surface area contributed by atoms with Gasteiger partial charge in [0.15, 0.2) is 3.95 Å². The molecule has 1 fully saturated rings. The summed E-state index contributed by atoms with van der Waals surface area (Å²) in [7, 11) is 1.69. The minimum absolute atomic E-state index is 0.697. The molecule has 1 aliphatic rings. The van der Waals surface area contributed by atoms with E-state index < -0.39 is 0 Å². The summed E-state index contributed by atoms with van der Waals surface area (Å²) in [5.74, 6) is 0.890. The molecule has 8 heteroatoms. The Labute approximate surface area is 157 Å². The normalized spacial score (nSPS) is 15.2. The Hall–Kier alpha value is -1.90. The summed E-state index contributed by atoms with van der Waals surface area (Å²) in [4.78, 5) is 4.78. The quantitative estimate of drug-likeness (QED) is 0.591. The number of aromatic nitrogens is 2. The van der Waals surface area contributed by atoms with E-state index in [4.69, 9.17) is 17.0 Å². The zero-order valence-electron chi connectivity index (χ0n) is 14.4. The van der Waals surface area contributed by atoms with Crippen molar-refractivity contribution in [3.63, 3.8) is 0 Å². The van der Waals surface area contributed by atoms with Crippen molar-refractivity contribution in [2.75, 3.05) is 50.1 Å². The number of ether oxygens (including phenoxy) is 1. The summed E-state index contributed by atoms with van der Waals surface area (Å²) in [6.45, 7) is 9.09. The SMILES string of the molecule is C=CCNc1nn(CN2CCN(c3ccc(OC)cc3)CC2)c(=S)s1. The zero-order chi connectivity index (χ0) is 17.6. The first-order valence-corrected chi connectivity index (χ1v) is 9.46. The fraction of sp³-hybridized carbons (Fsp3) is 0.412. The third-order valence-corrected chi connectivity index (χ3v) is 5.41. The van der Waals surface area contributed by atoms with Gasteiger partial charge in [-0.05, 0) is 36.5 Å². The first-order valence-electron chi connectivity index (χ1n) is 8.23. The van der Waals surface area contributed by atoms with E-state index in [9.17, 15) is 0 Å². The van der Waals surface area contributed by atoms with Crippen LogP contribution in [0.2, 0.25) is 0 Å². The molecule has 0 bridgehead atoms. The van der Waals surface area contributed by atoms with Crippen LogP contribution in [0.3, 0.4) is 0 Å². The van der Waals surface area contributed by atoms with Crippen molar-refractivity contribution in [3.8, 4) is 5.75 Å². The number of methoxy groups -OCH3 is 1. The number of anilines is 2. The molecule has 0 atom stereocenters. The summed E-state index contributed by atoms with van der Waals surface area (Å²) < 4.78 is 7.91. The van der Waals surface area contributed by atoms with Crippen LogP contribution in [0, 0.1) is 3.95 Å². The van der Waals surface area contributed by atoms with Crippen molar-refractivity contribution in [3.05, 3.63) is 40.9 Å². The van der Waals surface area contributed by atoms with Crippen LogP contribution in [-0.4, -0.2) is 54.5 Å². The molecule has 25 heavy (non-hydrogen) atoms. The van der Waals surface area contributed by atoms with Gasteiger partial charge in [-0.1, -0.05) is 17.4 Å². The van der Waals surface area contributed by atoms with Crippen molar-refractivity contribution >= 4 is 34.4 Å². The van der Waals surface area contributed by atoms with Crippen molar-refractivity contribution in [2.45, 2.75) is 6.67 Å². The van der Waals surface area contributed by atoms with Crippen molar-refractivity contribution < 1.29 is 4.74 Å². The van der Waals surface area contributed by atoms with E-state index in [1.54, 1.807) is 7.11 Å². The maximum Gasteiger partial charge on any atom is 0.204 e. The molecular formula is C17H23N5OS2. The first-order chi connectivity index (χ1) is 12.2. The van der Waals surface area contributed by atoms with Gasteiger partial charge in [-0.15, -0.1) is 11.7 Å². The fourth-order valence-electron chi connectivity index (χ4n) is 2.76. The number of hydrogen-bond acceptors (Lipinski definition) is 7. The van der Waals surface area contributed by atoms with Gasteiger partial charge >= 0.3 is 0 Å². The van der Waals surface area contributed by atoms with Gasteiger partial charge in [-0.25, -0.2) is 4.68 Å². The fourth-order valence-corrected chi connectivity index (χ4v) is 3.76. The first kappa shape index (κ1) is 17.9. The lowest BCUT2D eigenvalue weighted by molar-refractivity contribution is 0.195. The molecular weight excluding hydrogens is 354 g/mol. The van der Waals surface area contributed by atoms with Gasteiger partial charge in [0.1, 0.15) is 5.75 Å². The van der Waals surface area contributed by atoms with Gasteiger partial charge in [0, 0.05) is 38.4 Å². The minimum Gasteiger partial charge on any atom is -0.497 e. The lowest BCUT2D eigenvalue weighted by Gasteiger charge is -2.35. The van der Waals surface area contributed by atoms with Gasteiger partial charge in [0.05, 0.1) is 13.8 Å². The molecule has 3 rings (SSSR count). The number of hydrogen-bond donors (Lipinski definition) is 1. The molecule has 134 valence electrons. The molecule has 2 heterocycles.